The van der Waals surface area contributed by atoms with Crippen LogP contribution in [-0.4, -0.2) is 35.3 Å². The van der Waals surface area contributed by atoms with E-state index in [0.29, 0.717) is 50.2 Å². The second-order valence-corrected chi connectivity index (χ2v) is 9.67. The minimum Gasteiger partial charge on any atom is -0.454 e. The van der Waals surface area contributed by atoms with Crippen molar-refractivity contribution in [2.45, 2.75) is 26.8 Å². The maximum absolute atomic E-state index is 13.7. The van der Waals surface area contributed by atoms with E-state index < -0.39 is 6.04 Å². The maximum Gasteiger partial charge on any atom is 0.271 e. The van der Waals surface area contributed by atoms with Gasteiger partial charge in [-0.3, -0.25) is 14.2 Å². The van der Waals surface area contributed by atoms with Crippen LogP contribution < -0.4 is 24.4 Å². The molecule has 180 valence electrons. The average molecular weight is 510 g/mol. The van der Waals surface area contributed by atoms with Gasteiger partial charge in [0.2, 0.25) is 6.79 Å². The molecule has 0 saturated carbocycles. The van der Waals surface area contributed by atoms with Crippen LogP contribution in [0.25, 0.3) is 6.08 Å². The zero-order valence-corrected chi connectivity index (χ0v) is 21.2. The highest BCUT2D eigenvalue weighted by molar-refractivity contribution is 7.07. The van der Waals surface area contributed by atoms with Crippen LogP contribution in [0.3, 0.4) is 0 Å². The average Bonchev–Trinajstić information content (AvgIpc) is 3.43. The van der Waals surface area contributed by atoms with Gasteiger partial charge < -0.3 is 14.4 Å². The molecule has 1 aromatic heterocycles. The quantitative estimate of drug-likeness (QED) is 0.528. The molecule has 7 nitrogen and oxygen atoms in total. The fourth-order valence-electron chi connectivity index (χ4n) is 4.39. The van der Waals surface area contributed by atoms with E-state index in [0.717, 1.165) is 11.1 Å². The fourth-order valence-corrected chi connectivity index (χ4v) is 5.56. The molecule has 0 N–H and O–H groups in total. The predicted octanol–water partition coefficient (Wildman–Crippen LogP) is 3.49. The van der Waals surface area contributed by atoms with Gasteiger partial charge in [0.25, 0.3) is 11.5 Å². The summed E-state index contributed by atoms with van der Waals surface area (Å²) in [5, 5.41) is 0.585. The Morgan fingerprint density at radius 1 is 1.17 bits per heavy atom. The summed E-state index contributed by atoms with van der Waals surface area (Å²) in [5.74, 6) is 1.20. The number of likely N-dealkylation sites (N-methyl/N-ethyl adjacent to an activating group) is 1. The van der Waals surface area contributed by atoms with Crippen LogP contribution in [0.15, 0.2) is 63.5 Å². The molecular weight excluding hydrogens is 486 g/mol. The first-order valence-electron chi connectivity index (χ1n) is 11.4. The van der Waals surface area contributed by atoms with Crippen LogP contribution >= 0.6 is 22.9 Å². The number of aromatic nitrogens is 1. The van der Waals surface area contributed by atoms with E-state index in [1.807, 2.05) is 57.2 Å². The molecule has 35 heavy (non-hydrogen) atoms. The number of allylic oxidation sites excluding steroid dienone is 1. The second-order valence-electron chi connectivity index (χ2n) is 8.22. The topological polar surface area (TPSA) is 73.1 Å². The van der Waals surface area contributed by atoms with Gasteiger partial charge in [0, 0.05) is 18.1 Å². The molecule has 0 bridgehead atoms. The summed E-state index contributed by atoms with van der Waals surface area (Å²) in [5.41, 5.74) is 2.52. The number of rotatable bonds is 5. The fraction of sp³-hybridized carbons (Fsp3) is 0.269. The van der Waals surface area contributed by atoms with Gasteiger partial charge in [0.15, 0.2) is 16.3 Å². The number of carbonyl (C=O) groups is 1. The summed E-state index contributed by atoms with van der Waals surface area (Å²) in [6.07, 6.45) is 1.82. The Morgan fingerprint density at radius 3 is 2.60 bits per heavy atom. The molecule has 3 aromatic rings. The van der Waals surface area contributed by atoms with Crippen molar-refractivity contribution in [2.75, 3.05) is 19.9 Å². The molecule has 0 spiro atoms. The first-order chi connectivity index (χ1) is 16.9. The monoisotopic (exact) mass is 509 g/mol. The lowest BCUT2D eigenvalue weighted by atomic mass is 9.94. The molecule has 0 radical (unpaired) electrons. The summed E-state index contributed by atoms with van der Waals surface area (Å²) < 4.78 is 13.0. The Bertz CT molecular complexity index is 1520. The van der Waals surface area contributed by atoms with Crippen molar-refractivity contribution in [1.29, 1.82) is 0 Å². The normalized spacial score (nSPS) is 16.8. The van der Waals surface area contributed by atoms with Crippen molar-refractivity contribution >= 4 is 34.9 Å². The lowest BCUT2D eigenvalue weighted by Crippen LogP contribution is -2.43. The number of amides is 1. The molecule has 0 unspecified atom stereocenters. The van der Waals surface area contributed by atoms with Gasteiger partial charge >= 0.3 is 0 Å². The van der Waals surface area contributed by atoms with Gasteiger partial charge in [-0.25, -0.2) is 4.99 Å². The first-order valence-corrected chi connectivity index (χ1v) is 12.6. The summed E-state index contributed by atoms with van der Waals surface area (Å²) in [4.78, 5) is 34.3. The summed E-state index contributed by atoms with van der Waals surface area (Å²) >= 11 is 7.44. The van der Waals surface area contributed by atoms with Crippen molar-refractivity contribution in [3.63, 3.8) is 0 Å². The third-order valence-corrected chi connectivity index (χ3v) is 7.42. The van der Waals surface area contributed by atoms with Crippen molar-refractivity contribution in [3.05, 3.63) is 89.6 Å². The number of ether oxygens (including phenoxy) is 2. The predicted molar refractivity (Wildman–Crippen MR) is 136 cm³/mol. The third kappa shape index (κ3) is 4.17. The van der Waals surface area contributed by atoms with Crippen molar-refractivity contribution in [1.82, 2.24) is 9.47 Å². The smallest absolute Gasteiger partial charge is 0.271 e. The van der Waals surface area contributed by atoms with Gasteiger partial charge in [0.1, 0.15) is 0 Å². The number of carbonyl (C=O) groups excluding carboxylic acids is 1. The SMILES string of the molecule is CCN(CC)C(=O)C1=C(C)N=c2s/c(=C/c3ccc4c(c3)OCO4)c(=O)n2[C@@H]1c1ccc(Cl)cc1. The van der Waals surface area contributed by atoms with Crippen LogP contribution in [0.5, 0.6) is 11.5 Å². The first kappa shape index (κ1) is 23.4. The van der Waals surface area contributed by atoms with Crippen LogP contribution in [-0.2, 0) is 4.79 Å². The van der Waals surface area contributed by atoms with Crippen LogP contribution in [0.4, 0.5) is 0 Å². The molecule has 0 aliphatic carbocycles. The molecule has 2 aromatic carbocycles. The van der Waals surface area contributed by atoms with Crippen LogP contribution in [0.2, 0.25) is 5.02 Å². The second kappa shape index (κ2) is 9.36. The van der Waals surface area contributed by atoms with Crippen LogP contribution in [0.1, 0.15) is 37.9 Å². The molecule has 9 heteroatoms. The minimum atomic E-state index is -0.601. The lowest BCUT2D eigenvalue weighted by Gasteiger charge is -2.29. The molecule has 1 atom stereocenters. The standard InChI is InChI=1S/C26H24ClN3O4S/c1-4-29(5-2)25(32)22-15(3)28-26-30(23(22)17-7-9-18(27)10-8-17)24(31)21(35-26)13-16-6-11-19-20(12-16)34-14-33-19/h6-13,23H,4-5,14H2,1-3H3/b21-13+/t23-/m1/s1. The number of halogens is 1. The molecule has 1 amide bonds. The van der Waals surface area contributed by atoms with Gasteiger partial charge in [-0.05, 0) is 62.2 Å². The Labute approximate surface area is 211 Å². The molecule has 2 aliphatic rings. The van der Waals surface area contributed by atoms with Gasteiger partial charge in [-0.2, -0.15) is 0 Å². The summed E-state index contributed by atoms with van der Waals surface area (Å²) in [6, 6.07) is 12.2. The summed E-state index contributed by atoms with van der Waals surface area (Å²) in [7, 11) is 0. The van der Waals surface area contributed by atoms with E-state index in [2.05, 4.69) is 0 Å². The Hall–Kier alpha value is -3.36. The van der Waals surface area contributed by atoms with Crippen molar-refractivity contribution in [3.8, 4) is 11.5 Å². The minimum absolute atomic E-state index is 0.124. The molecule has 0 saturated heterocycles. The Kier molecular flexibility index (Phi) is 6.25. The highest BCUT2D eigenvalue weighted by Gasteiger charge is 2.34. The number of nitrogens with zero attached hydrogens (tertiary/aromatic N) is 3. The van der Waals surface area contributed by atoms with E-state index in [-0.39, 0.29) is 18.3 Å². The number of benzene rings is 2. The lowest BCUT2D eigenvalue weighted by molar-refractivity contribution is -0.127. The van der Waals surface area contributed by atoms with E-state index in [4.69, 9.17) is 26.1 Å². The number of thiazole rings is 1. The zero-order valence-electron chi connectivity index (χ0n) is 19.6. The van der Waals surface area contributed by atoms with Gasteiger partial charge in [-0.15, -0.1) is 0 Å². The summed E-state index contributed by atoms with van der Waals surface area (Å²) in [6.45, 7) is 7.02. The number of fused-ring (bicyclic) bond motifs is 2. The largest absolute Gasteiger partial charge is 0.454 e. The van der Waals surface area contributed by atoms with Crippen molar-refractivity contribution < 1.29 is 14.3 Å². The number of hydrogen-bond donors (Lipinski definition) is 0. The third-order valence-electron chi connectivity index (χ3n) is 6.18. The molecule has 3 heterocycles. The van der Waals surface area contributed by atoms with E-state index in [9.17, 15) is 9.59 Å². The molecular formula is C26H24ClN3O4S. The molecule has 0 fully saturated rings. The zero-order chi connectivity index (χ0) is 24.7. The highest BCUT2D eigenvalue weighted by atomic mass is 35.5. The van der Waals surface area contributed by atoms with E-state index in [1.54, 1.807) is 21.6 Å². The van der Waals surface area contributed by atoms with Gasteiger partial charge in [-0.1, -0.05) is 41.1 Å². The van der Waals surface area contributed by atoms with E-state index in [1.165, 1.54) is 11.3 Å². The Morgan fingerprint density at radius 2 is 1.89 bits per heavy atom. The highest BCUT2D eigenvalue weighted by Crippen LogP contribution is 2.33. The number of hydrogen-bond acceptors (Lipinski definition) is 6. The molecule has 5 rings (SSSR count). The Balaban J connectivity index is 1.69. The van der Waals surface area contributed by atoms with Gasteiger partial charge in [0.05, 0.1) is 21.8 Å². The maximum atomic E-state index is 13.7. The molecule has 2 aliphatic heterocycles. The van der Waals surface area contributed by atoms with Crippen LogP contribution in [0, 0.1) is 0 Å². The van der Waals surface area contributed by atoms with Crippen molar-refractivity contribution in [2.24, 2.45) is 4.99 Å². The van der Waals surface area contributed by atoms with E-state index >= 15 is 0 Å².